The zero-order valence-corrected chi connectivity index (χ0v) is 17.5. The van der Waals surface area contributed by atoms with Crippen molar-refractivity contribution in [2.45, 2.75) is 18.7 Å². The summed E-state index contributed by atoms with van der Waals surface area (Å²) >= 11 is 0. The fraction of sp³-hybridized carbons (Fsp3) is 0.182. The molecule has 2 aromatic carbocycles. The van der Waals surface area contributed by atoms with E-state index >= 15 is 0 Å². The lowest BCUT2D eigenvalue weighted by Gasteiger charge is -2.18. The van der Waals surface area contributed by atoms with Gasteiger partial charge in [0.1, 0.15) is 16.1 Å². The molecule has 0 atom stereocenters. The first-order valence-corrected chi connectivity index (χ1v) is 10.8. The number of fused-ring (bicyclic) bond motifs is 1. The van der Waals surface area contributed by atoms with Crippen molar-refractivity contribution in [1.82, 2.24) is 0 Å². The minimum Gasteiger partial charge on any atom is -0.462 e. The average Bonchev–Trinajstić information content (AvgIpc) is 2.74. The Morgan fingerprint density at radius 2 is 1.48 bits per heavy atom. The second-order valence-electron chi connectivity index (χ2n) is 6.38. The van der Waals surface area contributed by atoms with Crippen LogP contribution in [0.5, 0.6) is 0 Å². The van der Waals surface area contributed by atoms with Crippen molar-refractivity contribution in [3.05, 3.63) is 64.6 Å². The molecule has 0 N–H and O–H groups in total. The summed E-state index contributed by atoms with van der Waals surface area (Å²) in [4.78, 5) is 49.0. The Bertz CT molecular complexity index is 1280. The standard InChI is InChI=1S/C22H18O8S/c1-3-29-21(25)15-12-16(23)18(22(26)30-4-2)20(19(15)24)31(27,28)17-11-7-9-13-8-5-6-10-14(13)17/h5-12H,3-4H2,1-2H3. The fourth-order valence-electron chi connectivity index (χ4n) is 3.17. The van der Waals surface area contributed by atoms with Gasteiger partial charge in [0.25, 0.3) is 0 Å². The molecular weight excluding hydrogens is 424 g/mol. The number of rotatable bonds is 6. The van der Waals surface area contributed by atoms with Crippen molar-refractivity contribution >= 4 is 44.1 Å². The number of hydrogen-bond donors (Lipinski definition) is 0. The van der Waals surface area contributed by atoms with E-state index in [1.54, 1.807) is 24.3 Å². The van der Waals surface area contributed by atoms with Crippen LogP contribution in [0, 0.1) is 0 Å². The molecule has 160 valence electrons. The second kappa shape index (κ2) is 8.65. The summed E-state index contributed by atoms with van der Waals surface area (Å²) in [5, 5.41) is 0.853. The molecule has 0 spiro atoms. The molecule has 1 aliphatic rings. The van der Waals surface area contributed by atoms with E-state index in [0.717, 1.165) is 0 Å². The molecule has 8 nitrogen and oxygen atoms in total. The SMILES string of the molecule is CCOC(=O)C1=CC(=O)C(C(=O)OCC)=C(S(=O)(=O)c2cccc3ccccc23)C1=O. The third kappa shape index (κ3) is 3.91. The number of hydrogen-bond acceptors (Lipinski definition) is 8. The summed E-state index contributed by atoms with van der Waals surface area (Å²) < 4.78 is 36.7. The van der Waals surface area contributed by atoms with Gasteiger partial charge in [-0.15, -0.1) is 0 Å². The lowest BCUT2D eigenvalue weighted by atomic mass is 9.96. The molecule has 0 bridgehead atoms. The van der Waals surface area contributed by atoms with Crippen LogP contribution in [0.2, 0.25) is 0 Å². The molecule has 0 unspecified atom stereocenters. The van der Waals surface area contributed by atoms with Crippen molar-refractivity contribution in [2.75, 3.05) is 13.2 Å². The minimum absolute atomic E-state index is 0.0997. The normalized spacial score (nSPS) is 14.5. The number of benzene rings is 2. The van der Waals surface area contributed by atoms with Gasteiger partial charge in [-0.1, -0.05) is 36.4 Å². The van der Waals surface area contributed by atoms with E-state index in [4.69, 9.17) is 9.47 Å². The van der Waals surface area contributed by atoms with E-state index in [2.05, 4.69) is 0 Å². The van der Waals surface area contributed by atoms with Crippen LogP contribution in [0.1, 0.15) is 13.8 Å². The van der Waals surface area contributed by atoms with Gasteiger partial charge in [0, 0.05) is 11.5 Å². The Morgan fingerprint density at radius 1 is 0.871 bits per heavy atom. The highest BCUT2D eigenvalue weighted by molar-refractivity contribution is 7.96. The quantitative estimate of drug-likeness (QED) is 0.379. The molecule has 0 fully saturated rings. The number of carbonyl (C=O) groups excluding carboxylic acids is 4. The Labute approximate surface area is 178 Å². The van der Waals surface area contributed by atoms with Gasteiger partial charge in [0.2, 0.25) is 15.6 Å². The summed E-state index contributed by atoms with van der Waals surface area (Å²) in [7, 11) is -4.70. The first kappa shape index (κ1) is 22.1. The minimum atomic E-state index is -4.70. The summed E-state index contributed by atoms with van der Waals surface area (Å²) in [5.41, 5.74) is -1.70. The number of sulfone groups is 1. The smallest absolute Gasteiger partial charge is 0.343 e. The highest BCUT2D eigenvalue weighted by Crippen LogP contribution is 2.33. The second-order valence-corrected chi connectivity index (χ2v) is 8.23. The summed E-state index contributed by atoms with van der Waals surface area (Å²) in [6.45, 7) is 2.70. The lowest BCUT2D eigenvalue weighted by Crippen LogP contribution is -2.32. The topological polar surface area (TPSA) is 121 Å². The van der Waals surface area contributed by atoms with E-state index in [9.17, 15) is 27.6 Å². The summed E-state index contributed by atoms with van der Waals surface area (Å²) in [5.74, 6) is -4.85. The number of esters is 2. The Hall–Kier alpha value is -3.59. The van der Waals surface area contributed by atoms with Gasteiger partial charge in [0.05, 0.1) is 18.1 Å². The number of allylic oxidation sites excluding steroid dienone is 2. The molecule has 2 aromatic rings. The zero-order chi connectivity index (χ0) is 22.8. The number of ketones is 2. The molecule has 0 saturated carbocycles. The van der Waals surface area contributed by atoms with Crippen molar-refractivity contribution < 1.29 is 37.1 Å². The van der Waals surface area contributed by atoms with Crippen molar-refractivity contribution in [3.8, 4) is 0 Å². The highest BCUT2D eigenvalue weighted by Gasteiger charge is 2.43. The van der Waals surface area contributed by atoms with E-state index in [-0.39, 0.29) is 23.5 Å². The van der Waals surface area contributed by atoms with E-state index in [0.29, 0.717) is 11.5 Å². The maximum atomic E-state index is 13.6. The molecule has 0 saturated heterocycles. The molecular formula is C22H18O8S. The molecule has 0 radical (unpaired) electrons. The first-order chi connectivity index (χ1) is 14.7. The van der Waals surface area contributed by atoms with Gasteiger partial charge >= 0.3 is 11.9 Å². The van der Waals surface area contributed by atoms with E-state index in [1.165, 1.54) is 32.0 Å². The molecule has 0 aliphatic heterocycles. The van der Waals surface area contributed by atoms with Crippen LogP contribution in [0.25, 0.3) is 10.8 Å². The van der Waals surface area contributed by atoms with Crippen LogP contribution >= 0.6 is 0 Å². The zero-order valence-electron chi connectivity index (χ0n) is 16.7. The molecule has 1 aliphatic carbocycles. The molecule has 31 heavy (non-hydrogen) atoms. The molecule has 0 heterocycles. The lowest BCUT2D eigenvalue weighted by molar-refractivity contribution is -0.142. The third-order valence-corrected chi connectivity index (χ3v) is 6.34. The van der Waals surface area contributed by atoms with Crippen LogP contribution < -0.4 is 0 Å². The largest absolute Gasteiger partial charge is 0.462 e. The summed E-state index contributed by atoms with van der Waals surface area (Å²) in [6.07, 6.45) is 0.606. The van der Waals surface area contributed by atoms with E-state index in [1.807, 2.05) is 0 Å². The van der Waals surface area contributed by atoms with Crippen LogP contribution in [0.15, 0.2) is 69.5 Å². The van der Waals surface area contributed by atoms with Gasteiger partial charge in [-0.2, -0.15) is 0 Å². The maximum Gasteiger partial charge on any atom is 0.343 e. The number of carbonyl (C=O) groups is 4. The number of ether oxygens (including phenoxy) is 2. The average molecular weight is 442 g/mol. The predicted molar refractivity (Wildman–Crippen MR) is 110 cm³/mol. The predicted octanol–water partition coefficient (Wildman–Crippen LogP) is 2.07. The van der Waals surface area contributed by atoms with Crippen molar-refractivity contribution in [1.29, 1.82) is 0 Å². The van der Waals surface area contributed by atoms with Gasteiger partial charge in [-0.05, 0) is 25.3 Å². The van der Waals surface area contributed by atoms with Crippen LogP contribution in [-0.2, 0) is 38.5 Å². The highest BCUT2D eigenvalue weighted by atomic mass is 32.2. The van der Waals surface area contributed by atoms with E-state index < -0.39 is 49.4 Å². The van der Waals surface area contributed by atoms with Gasteiger partial charge in [-0.25, -0.2) is 18.0 Å². The summed E-state index contributed by atoms with van der Waals surface area (Å²) in [6, 6.07) is 10.9. The van der Waals surface area contributed by atoms with Crippen LogP contribution in [0.3, 0.4) is 0 Å². The first-order valence-electron chi connectivity index (χ1n) is 9.36. The Kier molecular flexibility index (Phi) is 6.16. The fourth-order valence-corrected chi connectivity index (χ4v) is 4.93. The molecule has 0 amide bonds. The molecule has 0 aromatic heterocycles. The monoisotopic (exact) mass is 442 g/mol. The maximum absolute atomic E-state index is 13.6. The molecule has 9 heteroatoms. The van der Waals surface area contributed by atoms with Crippen molar-refractivity contribution in [3.63, 3.8) is 0 Å². The van der Waals surface area contributed by atoms with Gasteiger partial charge in [-0.3, -0.25) is 9.59 Å². The Morgan fingerprint density at radius 3 is 2.16 bits per heavy atom. The third-order valence-electron chi connectivity index (χ3n) is 4.48. The van der Waals surface area contributed by atoms with Gasteiger partial charge in [0.15, 0.2) is 5.78 Å². The van der Waals surface area contributed by atoms with Crippen molar-refractivity contribution in [2.24, 2.45) is 0 Å². The molecule has 3 rings (SSSR count). The van der Waals surface area contributed by atoms with Gasteiger partial charge < -0.3 is 9.47 Å². The number of Topliss-reactive ketones (excluding diaryl/α,β-unsaturated/α-hetero) is 1. The van der Waals surface area contributed by atoms with Crippen LogP contribution in [-0.4, -0.2) is 45.1 Å². The van der Waals surface area contributed by atoms with Crippen LogP contribution in [0.4, 0.5) is 0 Å². The Balaban J connectivity index is 2.31.